The van der Waals surface area contributed by atoms with E-state index in [1.54, 1.807) is 0 Å². The van der Waals surface area contributed by atoms with Crippen LogP contribution in [0.1, 0.15) is 25.0 Å². The number of rotatable bonds is 4. The summed E-state index contributed by atoms with van der Waals surface area (Å²) in [5, 5.41) is 4.67. The van der Waals surface area contributed by atoms with Crippen LogP contribution in [0.4, 0.5) is 5.82 Å². The van der Waals surface area contributed by atoms with Gasteiger partial charge in [-0.2, -0.15) is 0 Å². The van der Waals surface area contributed by atoms with Crippen LogP contribution in [0.3, 0.4) is 0 Å². The van der Waals surface area contributed by atoms with Crippen molar-refractivity contribution < 1.29 is 0 Å². The Morgan fingerprint density at radius 3 is 2.89 bits per heavy atom. The number of aromatic nitrogens is 3. The number of hydrogen-bond acceptors (Lipinski definition) is 4. The number of nitrogens with zero attached hydrogens (tertiary/aromatic N) is 4. The third-order valence-corrected chi connectivity index (χ3v) is 4.63. The van der Waals surface area contributed by atoms with Gasteiger partial charge in [0, 0.05) is 19.5 Å². The first-order valence-corrected chi connectivity index (χ1v) is 7.47. The Hall–Kier alpha value is -1.14. The number of anilines is 1. The summed E-state index contributed by atoms with van der Waals surface area (Å²) in [6, 6.07) is 4.69. The van der Waals surface area contributed by atoms with Crippen molar-refractivity contribution in [2.24, 2.45) is 5.73 Å². The van der Waals surface area contributed by atoms with E-state index in [0.717, 1.165) is 28.2 Å². The molecule has 0 amide bonds. The minimum atomic E-state index is 0.595. The van der Waals surface area contributed by atoms with Crippen LogP contribution in [-0.4, -0.2) is 34.2 Å². The lowest BCUT2D eigenvalue weighted by atomic mass is 9.92. The zero-order chi connectivity index (χ0) is 13.4. The molecule has 6 heteroatoms. The van der Waals surface area contributed by atoms with Crippen LogP contribution in [0.25, 0.3) is 5.65 Å². The van der Waals surface area contributed by atoms with Crippen LogP contribution in [0.15, 0.2) is 16.7 Å². The summed E-state index contributed by atoms with van der Waals surface area (Å²) in [4.78, 5) is 6.80. The van der Waals surface area contributed by atoms with Gasteiger partial charge in [0.25, 0.3) is 0 Å². The molecule has 1 fully saturated rings. The van der Waals surface area contributed by atoms with Crippen molar-refractivity contribution in [1.29, 1.82) is 0 Å². The Labute approximate surface area is 120 Å². The summed E-state index contributed by atoms with van der Waals surface area (Å²) in [6.07, 6.45) is 4.61. The van der Waals surface area contributed by atoms with Gasteiger partial charge < -0.3 is 10.6 Å². The Balaban J connectivity index is 1.97. The highest BCUT2D eigenvalue weighted by molar-refractivity contribution is 9.10. The maximum absolute atomic E-state index is 5.60. The van der Waals surface area contributed by atoms with Gasteiger partial charge in [0.2, 0.25) is 0 Å². The highest BCUT2D eigenvalue weighted by Gasteiger charge is 2.23. The average Bonchev–Trinajstić information content (AvgIpc) is 2.64. The molecule has 0 saturated heterocycles. The first-order chi connectivity index (χ1) is 9.20. The van der Waals surface area contributed by atoms with Gasteiger partial charge in [0.15, 0.2) is 5.65 Å². The number of imidazole rings is 1. The normalized spacial score (nSPS) is 15.7. The van der Waals surface area contributed by atoms with Crippen LogP contribution in [0.2, 0.25) is 0 Å². The Bertz CT molecular complexity index is 590. The highest BCUT2D eigenvalue weighted by Crippen LogP contribution is 2.28. The van der Waals surface area contributed by atoms with Gasteiger partial charge in [-0.15, -0.1) is 5.10 Å². The van der Waals surface area contributed by atoms with Gasteiger partial charge in [0.05, 0.1) is 5.69 Å². The van der Waals surface area contributed by atoms with Crippen LogP contribution in [-0.2, 0) is 6.42 Å². The largest absolute Gasteiger partial charge is 0.355 e. The van der Waals surface area contributed by atoms with Gasteiger partial charge >= 0.3 is 0 Å². The molecule has 0 spiro atoms. The van der Waals surface area contributed by atoms with Crippen LogP contribution in [0.5, 0.6) is 0 Å². The summed E-state index contributed by atoms with van der Waals surface area (Å²) < 4.78 is 2.77. The van der Waals surface area contributed by atoms with Crippen molar-refractivity contribution in [3.63, 3.8) is 0 Å². The second kappa shape index (κ2) is 5.09. The molecule has 1 aliphatic carbocycles. The summed E-state index contributed by atoms with van der Waals surface area (Å²) in [7, 11) is 2.11. The standard InChI is InChI=1S/C13H18BrN5/c1-18(9-3-2-4-9)12-6-5-11-16-10(7-8-15)13(14)19(11)17-12/h5-6,9H,2-4,7-8,15H2,1H3. The number of fused-ring (bicyclic) bond motifs is 1. The van der Waals surface area contributed by atoms with E-state index in [-0.39, 0.29) is 0 Å². The average molecular weight is 324 g/mol. The van der Waals surface area contributed by atoms with Crippen molar-refractivity contribution >= 4 is 27.4 Å². The maximum Gasteiger partial charge on any atom is 0.155 e. The minimum absolute atomic E-state index is 0.595. The first-order valence-electron chi connectivity index (χ1n) is 6.68. The molecule has 1 saturated carbocycles. The molecule has 3 rings (SSSR count). The summed E-state index contributed by atoms with van der Waals surface area (Å²) in [6.45, 7) is 0.595. The van der Waals surface area contributed by atoms with Gasteiger partial charge in [-0.1, -0.05) is 0 Å². The number of hydrogen-bond donors (Lipinski definition) is 1. The van der Waals surface area contributed by atoms with Gasteiger partial charge in [-0.25, -0.2) is 9.50 Å². The van der Waals surface area contributed by atoms with Gasteiger partial charge in [-0.3, -0.25) is 0 Å². The molecule has 0 atom stereocenters. The van der Waals surface area contributed by atoms with Crippen molar-refractivity contribution in [1.82, 2.24) is 14.6 Å². The fraction of sp³-hybridized carbons (Fsp3) is 0.538. The number of nitrogens with two attached hydrogens (primary N) is 1. The van der Waals surface area contributed by atoms with E-state index in [0.29, 0.717) is 12.6 Å². The molecule has 102 valence electrons. The molecule has 1 aliphatic rings. The number of halogens is 1. The van der Waals surface area contributed by atoms with Gasteiger partial charge in [-0.05, 0) is 53.9 Å². The molecule has 0 unspecified atom stereocenters. The van der Waals surface area contributed by atoms with E-state index in [9.17, 15) is 0 Å². The van der Waals surface area contributed by atoms with Crippen molar-refractivity contribution in [3.8, 4) is 0 Å². The van der Waals surface area contributed by atoms with Crippen molar-refractivity contribution in [2.45, 2.75) is 31.7 Å². The van der Waals surface area contributed by atoms with Crippen LogP contribution in [0, 0.1) is 0 Å². The molecule has 0 aromatic carbocycles. The molecule has 2 aromatic heterocycles. The first kappa shape index (κ1) is 12.9. The third-order valence-electron chi connectivity index (χ3n) is 3.84. The lowest BCUT2D eigenvalue weighted by Gasteiger charge is -2.35. The van der Waals surface area contributed by atoms with Crippen molar-refractivity contribution in [2.75, 3.05) is 18.5 Å². The summed E-state index contributed by atoms with van der Waals surface area (Å²) in [5.74, 6) is 0.995. The molecule has 2 N–H and O–H groups in total. The minimum Gasteiger partial charge on any atom is -0.355 e. The van der Waals surface area contributed by atoms with Crippen molar-refractivity contribution in [3.05, 3.63) is 22.4 Å². The summed E-state index contributed by atoms with van der Waals surface area (Å²) >= 11 is 3.57. The topological polar surface area (TPSA) is 59.5 Å². The monoisotopic (exact) mass is 323 g/mol. The van der Waals surface area contributed by atoms with E-state index in [2.05, 4.69) is 38.0 Å². The second-order valence-corrected chi connectivity index (χ2v) is 5.80. The molecule has 0 bridgehead atoms. The predicted molar refractivity (Wildman–Crippen MR) is 79.5 cm³/mol. The lowest BCUT2D eigenvalue weighted by molar-refractivity contribution is 0.398. The zero-order valence-corrected chi connectivity index (χ0v) is 12.6. The molecule has 0 radical (unpaired) electrons. The lowest BCUT2D eigenvalue weighted by Crippen LogP contribution is -2.37. The van der Waals surface area contributed by atoms with E-state index >= 15 is 0 Å². The molecule has 5 nitrogen and oxygen atoms in total. The SMILES string of the molecule is CN(c1ccc2nc(CCN)c(Br)n2n1)C1CCC1. The fourth-order valence-corrected chi connectivity index (χ4v) is 2.94. The second-order valence-electron chi connectivity index (χ2n) is 5.05. The third kappa shape index (κ3) is 2.23. The Morgan fingerprint density at radius 2 is 2.26 bits per heavy atom. The van der Waals surface area contributed by atoms with Crippen LogP contribution >= 0.6 is 15.9 Å². The van der Waals surface area contributed by atoms with E-state index in [4.69, 9.17) is 5.73 Å². The smallest absolute Gasteiger partial charge is 0.155 e. The molecule has 2 heterocycles. The highest BCUT2D eigenvalue weighted by atomic mass is 79.9. The predicted octanol–water partition coefficient (Wildman–Crippen LogP) is 1.98. The van der Waals surface area contributed by atoms with E-state index < -0.39 is 0 Å². The van der Waals surface area contributed by atoms with Gasteiger partial charge in [0.1, 0.15) is 10.4 Å². The Morgan fingerprint density at radius 1 is 1.47 bits per heavy atom. The quantitative estimate of drug-likeness (QED) is 0.934. The van der Waals surface area contributed by atoms with E-state index in [1.807, 2.05) is 16.6 Å². The molecular weight excluding hydrogens is 306 g/mol. The molecular formula is C13H18BrN5. The zero-order valence-electron chi connectivity index (χ0n) is 11.0. The van der Waals surface area contributed by atoms with E-state index in [1.165, 1.54) is 19.3 Å². The van der Waals surface area contributed by atoms with Crippen LogP contribution < -0.4 is 10.6 Å². The molecule has 19 heavy (non-hydrogen) atoms. The molecule has 0 aliphatic heterocycles. The molecule has 2 aromatic rings. The fourth-order valence-electron chi connectivity index (χ4n) is 2.39. The summed E-state index contributed by atoms with van der Waals surface area (Å²) in [5.41, 5.74) is 7.43. The Kier molecular flexibility index (Phi) is 3.45. The maximum atomic E-state index is 5.60.